The van der Waals surface area contributed by atoms with Gasteiger partial charge in [-0.05, 0) is 110 Å². The van der Waals surface area contributed by atoms with Gasteiger partial charge in [-0.1, -0.05) is 41.0 Å². The summed E-state index contributed by atoms with van der Waals surface area (Å²) < 4.78 is 2.02. The lowest BCUT2D eigenvalue weighted by atomic mass is 9.42. The fourth-order valence-corrected chi connectivity index (χ4v) is 9.77. The summed E-state index contributed by atoms with van der Waals surface area (Å²) >= 11 is 0. The molecular formula is C29H45N3. The van der Waals surface area contributed by atoms with E-state index in [0.717, 1.165) is 36.1 Å². The van der Waals surface area contributed by atoms with E-state index < -0.39 is 0 Å². The third-order valence-electron chi connectivity index (χ3n) is 11.9. The highest BCUT2D eigenvalue weighted by atomic mass is 15.3. The summed E-state index contributed by atoms with van der Waals surface area (Å²) in [6, 6.07) is 2.23. The summed E-state index contributed by atoms with van der Waals surface area (Å²) in [4.78, 5) is 0. The van der Waals surface area contributed by atoms with E-state index in [1.807, 2.05) is 10.9 Å². The largest absolute Gasteiger partial charge is 0.271 e. The first-order chi connectivity index (χ1) is 15.2. The third kappa shape index (κ3) is 3.38. The molecule has 1 aromatic heterocycles. The Bertz CT molecular complexity index is 881. The van der Waals surface area contributed by atoms with Gasteiger partial charge in [0.15, 0.2) is 0 Å². The molecule has 4 fully saturated rings. The first-order valence-electron chi connectivity index (χ1n) is 13.6. The molecule has 0 N–H and O–H groups in total. The molecule has 3 nitrogen and oxygen atoms in total. The molecule has 0 bridgehead atoms. The van der Waals surface area contributed by atoms with Gasteiger partial charge in [0.25, 0.3) is 0 Å². The van der Waals surface area contributed by atoms with Crippen LogP contribution in [-0.4, -0.2) is 9.78 Å². The summed E-state index contributed by atoms with van der Waals surface area (Å²) in [5, 5.41) is 13.6. The summed E-state index contributed by atoms with van der Waals surface area (Å²) in [5.41, 5.74) is 2.39. The molecule has 5 rings (SSSR count). The number of rotatable bonds is 4. The molecule has 4 aliphatic rings. The van der Waals surface area contributed by atoms with Gasteiger partial charge in [-0.25, -0.2) is 0 Å². The van der Waals surface area contributed by atoms with Crippen molar-refractivity contribution in [1.29, 1.82) is 5.26 Å². The van der Waals surface area contributed by atoms with Gasteiger partial charge in [-0.3, -0.25) is 4.68 Å². The molecule has 3 heteroatoms. The minimum absolute atomic E-state index is 0.502. The highest BCUT2D eigenvalue weighted by Gasteiger charge is 2.61. The van der Waals surface area contributed by atoms with Crippen LogP contribution >= 0.6 is 0 Å². The second kappa shape index (κ2) is 7.89. The van der Waals surface area contributed by atoms with Gasteiger partial charge in [0.2, 0.25) is 0 Å². The molecule has 8 unspecified atom stereocenters. The average Bonchev–Trinajstić information content (AvgIpc) is 3.37. The lowest BCUT2D eigenvalue weighted by molar-refractivity contribution is -0.132. The van der Waals surface area contributed by atoms with E-state index >= 15 is 0 Å². The Morgan fingerprint density at radius 3 is 2.56 bits per heavy atom. The summed E-state index contributed by atoms with van der Waals surface area (Å²) in [7, 11) is 0. The summed E-state index contributed by atoms with van der Waals surface area (Å²) in [6.45, 7) is 13.8. The van der Waals surface area contributed by atoms with Crippen LogP contribution in [0.4, 0.5) is 0 Å². The zero-order valence-electron chi connectivity index (χ0n) is 21.2. The Labute approximate surface area is 196 Å². The molecule has 1 heterocycles. The van der Waals surface area contributed by atoms with E-state index in [0.29, 0.717) is 27.7 Å². The molecule has 1 aromatic rings. The summed E-state index contributed by atoms with van der Waals surface area (Å²) in [5.74, 6) is 5.26. The van der Waals surface area contributed by atoms with E-state index in [9.17, 15) is 0 Å². The number of nitrogens with zero attached hydrogens (tertiary/aromatic N) is 3. The molecule has 4 saturated carbocycles. The van der Waals surface area contributed by atoms with Crippen LogP contribution in [0.3, 0.4) is 0 Å². The Morgan fingerprint density at radius 2 is 1.84 bits per heavy atom. The van der Waals surface area contributed by atoms with Crippen LogP contribution in [0.25, 0.3) is 0 Å². The van der Waals surface area contributed by atoms with Crippen molar-refractivity contribution in [2.75, 3.05) is 0 Å². The van der Waals surface area contributed by atoms with Crippen molar-refractivity contribution in [3.8, 4) is 6.07 Å². The average molecular weight is 436 g/mol. The fraction of sp³-hybridized carbons (Fsp3) is 0.862. The molecule has 0 aromatic carbocycles. The Morgan fingerprint density at radius 1 is 1.06 bits per heavy atom. The van der Waals surface area contributed by atoms with Crippen LogP contribution in [0, 0.1) is 63.1 Å². The van der Waals surface area contributed by atoms with Crippen molar-refractivity contribution in [2.24, 2.45) is 51.8 Å². The maximum Gasteiger partial charge on any atom is 0.102 e. The Hall–Kier alpha value is -1.30. The molecule has 9 atom stereocenters. The molecule has 0 saturated heterocycles. The SMILES string of the molecule is CC[C@]1(C)CCC2(C)C(CCC3C2CCC2(C)C(C(C)Cn4cc(C#N)cn4)CCC32)C1. The van der Waals surface area contributed by atoms with Crippen LogP contribution in [0.2, 0.25) is 0 Å². The second-order valence-electron chi connectivity index (χ2n) is 13.3. The number of hydrogen-bond donors (Lipinski definition) is 0. The lowest BCUT2D eigenvalue weighted by Gasteiger charge is -2.62. The third-order valence-corrected chi connectivity index (χ3v) is 11.9. The van der Waals surface area contributed by atoms with Gasteiger partial charge in [-0.2, -0.15) is 10.4 Å². The summed E-state index contributed by atoms with van der Waals surface area (Å²) in [6.07, 6.45) is 18.2. The van der Waals surface area contributed by atoms with Crippen molar-refractivity contribution >= 4 is 0 Å². The Balaban J connectivity index is 1.32. The van der Waals surface area contributed by atoms with Crippen molar-refractivity contribution < 1.29 is 0 Å². The van der Waals surface area contributed by atoms with Crippen LogP contribution in [0.15, 0.2) is 12.4 Å². The standard InChI is InChI=1S/C29H45N3/c1-6-27(3)13-14-28(4)22(15-27)7-8-23-25-10-9-24(29(25,5)12-11-26(23)28)20(2)18-32-19-21(16-30)17-31-32/h17,19-20,22-26H,6-15,18H2,1-5H3/t20?,22?,23?,24?,25?,26?,27-,28?,29?/m1/s1. The van der Waals surface area contributed by atoms with E-state index in [1.165, 1.54) is 64.2 Å². The van der Waals surface area contributed by atoms with Gasteiger partial charge in [0.05, 0.1) is 11.8 Å². The maximum atomic E-state index is 9.14. The lowest BCUT2D eigenvalue weighted by Crippen LogP contribution is -2.54. The van der Waals surface area contributed by atoms with Crippen molar-refractivity contribution in [3.63, 3.8) is 0 Å². The van der Waals surface area contributed by atoms with Gasteiger partial charge >= 0.3 is 0 Å². The Kier molecular flexibility index (Phi) is 5.54. The quantitative estimate of drug-likeness (QED) is 0.492. The van der Waals surface area contributed by atoms with Gasteiger partial charge in [-0.15, -0.1) is 0 Å². The van der Waals surface area contributed by atoms with E-state index in [4.69, 9.17) is 5.26 Å². The monoisotopic (exact) mass is 435 g/mol. The highest BCUT2D eigenvalue weighted by Crippen LogP contribution is 2.69. The predicted molar refractivity (Wildman–Crippen MR) is 130 cm³/mol. The normalized spacial score (nSPS) is 46.6. The topological polar surface area (TPSA) is 41.6 Å². The minimum Gasteiger partial charge on any atom is -0.271 e. The molecular weight excluding hydrogens is 390 g/mol. The number of aromatic nitrogens is 2. The molecule has 4 aliphatic carbocycles. The molecule has 0 amide bonds. The first-order valence-corrected chi connectivity index (χ1v) is 13.6. The molecule has 0 aliphatic heterocycles. The predicted octanol–water partition coefficient (Wildman–Crippen LogP) is 7.47. The number of hydrogen-bond acceptors (Lipinski definition) is 2. The molecule has 0 spiro atoms. The van der Waals surface area contributed by atoms with Crippen LogP contribution < -0.4 is 0 Å². The molecule has 176 valence electrons. The van der Waals surface area contributed by atoms with E-state index in [-0.39, 0.29) is 0 Å². The fourth-order valence-electron chi connectivity index (χ4n) is 9.77. The second-order valence-corrected chi connectivity index (χ2v) is 13.3. The van der Waals surface area contributed by atoms with Gasteiger partial charge in [0.1, 0.15) is 6.07 Å². The number of fused-ring (bicyclic) bond motifs is 5. The van der Waals surface area contributed by atoms with E-state index in [2.05, 4.69) is 45.8 Å². The van der Waals surface area contributed by atoms with Crippen LogP contribution in [-0.2, 0) is 6.54 Å². The van der Waals surface area contributed by atoms with Crippen LogP contribution in [0.5, 0.6) is 0 Å². The van der Waals surface area contributed by atoms with E-state index in [1.54, 1.807) is 6.20 Å². The highest BCUT2D eigenvalue weighted by molar-refractivity contribution is 5.21. The zero-order valence-corrected chi connectivity index (χ0v) is 21.2. The molecule has 32 heavy (non-hydrogen) atoms. The minimum atomic E-state index is 0.502. The van der Waals surface area contributed by atoms with Crippen LogP contribution in [0.1, 0.15) is 104 Å². The van der Waals surface area contributed by atoms with Gasteiger partial charge < -0.3 is 0 Å². The first kappa shape index (κ1) is 22.5. The molecule has 0 radical (unpaired) electrons. The van der Waals surface area contributed by atoms with Crippen molar-refractivity contribution in [1.82, 2.24) is 9.78 Å². The maximum absolute atomic E-state index is 9.14. The smallest absolute Gasteiger partial charge is 0.102 e. The zero-order chi connectivity index (χ0) is 22.7. The van der Waals surface area contributed by atoms with Crippen molar-refractivity contribution in [2.45, 2.75) is 105 Å². The number of nitriles is 1. The van der Waals surface area contributed by atoms with Gasteiger partial charge in [0, 0.05) is 12.7 Å². The van der Waals surface area contributed by atoms with Crippen molar-refractivity contribution in [3.05, 3.63) is 18.0 Å².